The van der Waals surface area contributed by atoms with Crippen molar-refractivity contribution in [3.63, 3.8) is 0 Å². The Bertz CT molecular complexity index is 604. The Hall–Kier alpha value is -2.38. The van der Waals surface area contributed by atoms with Crippen molar-refractivity contribution in [3.05, 3.63) is 41.5 Å². The van der Waals surface area contributed by atoms with E-state index < -0.39 is 35.9 Å². The van der Waals surface area contributed by atoms with E-state index in [4.69, 9.17) is 0 Å². The fraction of sp³-hybridized carbons (Fsp3) is 0.333. The van der Waals surface area contributed by atoms with Gasteiger partial charge in [0.05, 0.1) is 25.7 Å². The Labute approximate surface area is 129 Å². The molecule has 0 saturated carbocycles. The van der Waals surface area contributed by atoms with Crippen molar-refractivity contribution in [1.29, 1.82) is 0 Å². The van der Waals surface area contributed by atoms with Crippen LogP contribution in [0, 0.1) is 0 Å². The van der Waals surface area contributed by atoms with Crippen molar-refractivity contribution in [2.75, 3.05) is 13.7 Å². The molecule has 0 fully saturated rings. The first kappa shape index (κ1) is 18.7. The van der Waals surface area contributed by atoms with Crippen molar-refractivity contribution < 1.29 is 36.6 Å². The SMILES string of the molecule is CCOC(=O)C(F)(F)CC(=C(F)F)c1ccc(C(=O)OC)cc1. The van der Waals surface area contributed by atoms with Crippen molar-refractivity contribution in [2.24, 2.45) is 0 Å². The number of hydrogen-bond donors (Lipinski definition) is 0. The van der Waals surface area contributed by atoms with Crippen LogP contribution in [-0.4, -0.2) is 31.6 Å². The smallest absolute Gasteiger partial charge is 0.377 e. The van der Waals surface area contributed by atoms with E-state index in [0.29, 0.717) is 0 Å². The van der Waals surface area contributed by atoms with Gasteiger partial charge in [-0.3, -0.25) is 0 Å². The van der Waals surface area contributed by atoms with Crippen LogP contribution in [0.15, 0.2) is 30.3 Å². The summed E-state index contributed by atoms with van der Waals surface area (Å²) in [5.74, 6) is -6.65. The highest BCUT2D eigenvalue weighted by Crippen LogP contribution is 2.33. The lowest BCUT2D eigenvalue weighted by atomic mass is 9.99. The lowest BCUT2D eigenvalue weighted by molar-refractivity contribution is -0.170. The van der Waals surface area contributed by atoms with Gasteiger partial charge in [-0.15, -0.1) is 0 Å². The maximum absolute atomic E-state index is 13.6. The molecule has 8 heteroatoms. The molecule has 0 radical (unpaired) electrons. The van der Waals surface area contributed by atoms with E-state index in [1.807, 2.05) is 0 Å². The molecule has 0 aromatic heterocycles. The van der Waals surface area contributed by atoms with E-state index >= 15 is 0 Å². The average molecular weight is 334 g/mol. The highest BCUT2D eigenvalue weighted by Gasteiger charge is 2.42. The summed E-state index contributed by atoms with van der Waals surface area (Å²) < 4.78 is 61.9. The van der Waals surface area contributed by atoms with E-state index in [-0.39, 0.29) is 17.7 Å². The van der Waals surface area contributed by atoms with Gasteiger partial charge >= 0.3 is 17.9 Å². The summed E-state index contributed by atoms with van der Waals surface area (Å²) in [5, 5.41) is 0. The zero-order chi connectivity index (χ0) is 17.6. The van der Waals surface area contributed by atoms with Crippen LogP contribution >= 0.6 is 0 Å². The van der Waals surface area contributed by atoms with Gasteiger partial charge in [0.15, 0.2) is 0 Å². The second kappa shape index (κ2) is 7.75. The van der Waals surface area contributed by atoms with Crippen LogP contribution in [0.5, 0.6) is 0 Å². The number of halogens is 4. The molecule has 0 unspecified atom stereocenters. The molecule has 0 N–H and O–H groups in total. The van der Waals surface area contributed by atoms with Gasteiger partial charge in [-0.05, 0) is 24.6 Å². The van der Waals surface area contributed by atoms with Crippen LogP contribution in [-0.2, 0) is 14.3 Å². The van der Waals surface area contributed by atoms with Gasteiger partial charge in [-0.2, -0.15) is 17.6 Å². The molecule has 1 rings (SSSR count). The molecule has 0 spiro atoms. The normalized spacial score (nSPS) is 10.9. The van der Waals surface area contributed by atoms with E-state index in [1.165, 1.54) is 6.92 Å². The summed E-state index contributed by atoms with van der Waals surface area (Å²) in [4.78, 5) is 22.4. The zero-order valence-corrected chi connectivity index (χ0v) is 12.4. The van der Waals surface area contributed by atoms with Crippen LogP contribution in [0.4, 0.5) is 17.6 Å². The summed E-state index contributed by atoms with van der Waals surface area (Å²) in [7, 11) is 1.14. The van der Waals surface area contributed by atoms with Crippen LogP contribution < -0.4 is 0 Å². The molecule has 0 amide bonds. The van der Waals surface area contributed by atoms with Gasteiger partial charge in [-0.1, -0.05) is 12.1 Å². The van der Waals surface area contributed by atoms with Crippen molar-refractivity contribution in [3.8, 4) is 0 Å². The van der Waals surface area contributed by atoms with Crippen LogP contribution in [0.3, 0.4) is 0 Å². The highest BCUT2D eigenvalue weighted by atomic mass is 19.3. The second-order valence-electron chi connectivity index (χ2n) is 4.41. The summed E-state index contributed by atoms with van der Waals surface area (Å²) in [6, 6.07) is 4.46. The van der Waals surface area contributed by atoms with Crippen molar-refractivity contribution >= 4 is 17.5 Å². The maximum atomic E-state index is 13.6. The summed E-state index contributed by atoms with van der Waals surface area (Å²) in [5.41, 5.74) is -1.16. The minimum atomic E-state index is -4.09. The quantitative estimate of drug-likeness (QED) is 0.588. The molecule has 23 heavy (non-hydrogen) atoms. The first-order chi connectivity index (χ1) is 10.7. The zero-order valence-electron chi connectivity index (χ0n) is 12.4. The molecule has 0 aliphatic carbocycles. The number of hydrogen-bond acceptors (Lipinski definition) is 4. The summed E-state index contributed by atoms with van der Waals surface area (Å²) in [6.45, 7) is 1.03. The molecule has 4 nitrogen and oxygen atoms in total. The number of carbonyl (C=O) groups excluding carboxylic acids is 2. The Morgan fingerprint density at radius 1 is 1.09 bits per heavy atom. The Morgan fingerprint density at radius 2 is 1.61 bits per heavy atom. The highest BCUT2D eigenvalue weighted by molar-refractivity contribution is 5.90. The third-order valence-electron chi connectivity index (χ3n) is 2.86. The molecule has 0 aliphatic rings. The Kier molecular flexibility index (Phi) is 6.29. The average Bonchev–Trinajstić information content (AvgIpc) is 2.52. The van der Waals surface area contributed by atoms with Crippen LogP contribution in [0.2, 0.25) is 0 Å². The number of alkyl halides is 2. The van der Waals surface area contributed by atoms with Crippen molar-refractivity contribution in [1.82, 2.24) is 0 Å². The summed E-state index contributed by atoms with van der Waals surface area (Å²) in [6.07, 6.45) is -3.86. The lowest BCUT2D eigenvalue weighted by Gasteiger charge is -2.16. The minimum Gasteiger partial charge on any atom is -0.465 e. The number of rotatable bonds is 6. The fourth-order valence-corrected chi connectivity index (χ4v) is 1.73. The van der Waals surface area contributed by atoms with E-state index in [2.05, 4.69) is 9.47 Å². The molecule has 0 heterocycles. The fourth-order valence-electron chi connectivity index (χ4n) is 1.73. The molecule has 0 saturated heterocycles. The van der Waals surface area contributed by atoms with E-state index in [1.54, 1.807) is 0 Å². The van der Waals surface area contributed by atoms with Crippen LogP contribution in [0.1, 0.15) is 29.3 Å². The third kappa shape index (κ3) is 4.80. The number of carbonyl (C=O) groups is 2. The largest absolute Gasteiger partial charge is 0.465 e. The number of allylic oxidation sites excluding steroid dienone is 1. The molecule has 1 aromatic rings. The number of benzene rings is 1. The number of methoxy groups -OCH3 is 1. The monoisotopic (exact) mass is 334 g/mol. The predicted octanol–water partition coefficient (Wildman–Crippen LogP) is 3.67. The van der Waals surface area contributed by atoms with E-state index in [0.717, 1.165) is 31.4 Å². The molecular weight excluding hydrogens is 320 g/mol. The van der Waals surface area contributed by atoms with Gasteiger partial charge in [0.2, 0.25) is 0 Å². The topological polar surface area (TPSA) is 52.6 Å². The third-order valence-corrected chi connectivity index (χ3v) is 2.86. The first-order valence-electron chi connectivity index (χ1n) is 6.50. The first-order valence-corrected chi connectivity index (χ1v) is 6.50. The molecule has 0 aliphatic heterocycles. The minimum absolute atomic E-state index is 0.0759. The second-order valence-corrected chi connectivity index (χ2v) is 4.41. The predicted molar refractivity (Wildman–Crippen MR) is 73.1 cm³/mol. The van der Waals surface area contributed by atoms with Crippen LogP contribution in [0.25, 0.3) is 5.57 Å². The van der Waals surface area contributed by atoms with Gasteiger partial charge in [0, 0.05) is 5.57 Å². The van der Waals surface area contributed by atoms with E-state index in [9.17, 15) is 27.2 Å². The molecule has 0 bridgehead atoms. The molecule has 0 atom stereocenters. The molecule has 1 aromatic carbocycles. The van der Waals surface area contributed by atoms with Crippen molar-refractivity contribution in [2.45, 2.75) is 19.3 Å². The van der Waals surface area contributed by atoms with Gasteiger partial charge in [-0.25, -0.2) is 9.59 Å². The summed E-state index contributed by atoms with van der Waals surface area (Å²) >= 11 is 0. The Balaban J connectivity index is 3.07. The number of ether oxygens (including phenoxy) is 2. The standard InChI is InChI=1S/C15H14F4O4/c1-3-23-14(21)15(18,19)8-11(12(16)17)9-4-6-10(7-5-9)13(20)22-2/h4-7H,3,8H2,1-2H3. The number of esters is 2. The van der Waals surface area contributed by atoms with Gasteiger partial charge in [0.25, 0.3) is 6.08 Å². The Morgan fingerprint density at radius 3 is 2.04 bits per heavy atom. The molecule has 126 valence electrons. The van der Waals surface area contributed by atoms with Gasteiger partial charge in [0.1, 0.15) is 0 Å². The lowest BCUT2D eigenvalue weighted by Crippen LogP contribution is -2.31. The van der Waals surface area contributed by atoms with Gasteiger partial charge < -0.3 is 9.47 Å². The maximum Gasteiger partial charge on any atom is 0.377 e. The molecular formula is C15H14F4O4.